The van der Waals surface area contributed by atoms with Crippen LogP contribution in [0.3, 0.4) is 0 Å². The maximum absolute atomic E-state index is 11.5. The molecule has 0 fully saturated rings. The number of carbonyl (C=O) groups is 1. The molecular weight excluding hydrogens is 188 g/mol. The Labute approximate surface area is 92.1 Å². The highest BCUT2D eigenvalue weighted by Gasteiger charge is 2.09. The van der Waals surface area contributed by atoms with Gasteiger partial charge in [0.15, 0.2) is 0 Å². The molecule has 1 heterocycles. The van der Waals surface area contributed by atoms with Crippen molar-refractivity contribution in [3.63, 3.8) is 0 Å². The van der Waals surface area contributed by atoms with Gasteiger partial charge >= 0.3 is 0 Å². The first kappa shape index (κ1) is 13.6. The third kappa shape index (κ3) is 3.70. The monoisotopic (exact) mass is 208 g/mol. The first-order valence-electron chi connectivity index (χ1n) is 5.18. The van der Waals surface area contributed by atoms with E-state index in [1.165, 1.54) is 4.90 Å². The van der Waals surface area contributed by atoms with Crippen LogP contribution in [0.1, 0.15) is 35.6 Å². The zero-order valence-electron chi connectivity index (χ0n) is 10.5. The van der Waals surface area contributed by atoms with Crippen LogP contribution < -0.4 is 0 Å². The molecule has 0 aliphatic rings. The van der Waals surface area contributed by atoms with Crippen molar-refractivity contribution in [1.82, 2.24) is 9.88 Å². The van der Waals surface area contributed by atoms with Crippen LogP contribution in [0.4, 0.5) is 0 Å². The summed E-state index contributed by atoms with van der Waals surface area (Å²) in [6, 6.07) is 3.67. The molecular formula is C12H20N2O. The van der Waals surface area contributed by atoms with Crippen LogP contribution >= 0.6 is 0 Å². The number of hydrogen-bond donors (Lipinski definition) is 0. The van der Waals surface area contributed by atoms with Crippen LogP contribution in [0.2, 0.25) is 0 Å². The van der Waals surface area contributed by atoms with E-state index in [4.69, 9.17) is 0 Å². The van der Waals surface area contributed by atoms with Crippen molar-refractivity contribution >= 4 is 5.91 Å². The van der Waals surface area contributed by atoms with Gasteiger partial charge < -0.3 is 4.90 Å². The first-order chi connectivity index (χ1) is 7.02. The number of aromatic nitrogens is 1. The molecule has 0 saturated heterocycles. The summed E-state index contributed by atoms with van der Waals surface area (Å²) in [7, 11) is 3.44. The zero-order chi connectivity index (χ0) is 12.0. The van der Waals surface area contributed by atoms with Crippen LogP contribution in [0.15, 0.2) is 12.1 Å². The van der Waals surface area contributed by atoms with Crippen molar-refractivity contribution in [2.45, 2.75) is 27.7 Å². The number of rotatable bonds is 1. The second-order valence-corrected chi connectivity index (χ2v) is 3.30. The zero-order valence-corrected chi connectivity index (χ0v) is 10.5. The molecule has 0 bridgehead atoms. The van der Waals surface area contributed by atoms with Crippen LogP contribution in [-0.4, -0.2) is 29.9 Å². The Morgan fingerprint density at radius 3 is 2.13 bits per heavy atom. The summed E-state index contributed by atoms with van der Waals surface area (Å²) in [5.41, 5.74) is 2.52. The molecule has 0 aliphatic carbocycles. The number of hydrogen-bond acceptors (Lipinski definition) is 2. The average molecular weight is 208 g/mol. The molecule has 0 radical (unpaired) electrons. The van der Waals surface area contributed by atoms with Gasteiger partial charge in [0.25, 0.3) is 5.91 Å². The van der Waals surface area contributed by atoms with Crippen LogP contribution in [0.25, 0.3) is 0 Å². The van der Waals surface area contributed by atoms with Gasteiger partial charge in [0, 0.05) is 19.8 Å². The number of aryl methyl sites for hydroxylation is 2. The molecule has 3 nitrogen and oxygen atoms in total. The number of amides is 1. The largest absolute Gasteiger partial charge is 0.343 e. The highest BCUT2D eigenvalue weighted by Crippen LogP contribution is 2.06. The molecule has 0 aliphatic heterocycles. The Morgan fingerprint density at radius 1 is 1.20 bits per heavy atom. The smallest absolute Gasteiger partial charge is 0.271 e. The van der Waals surface area contributed by atoms with Crippen molar-refractivity contribution in [2.24, 2.45) is 0 Å². The van der Waals surface area contributed by atoms with E-state index in [2.05, 4.69) is 4.98 Å². The molecule has 84 valence electrons. The van der Waals surface area contributed by atoms with E-state index in [9.17, 15) is 4.79 Å². The first-order valence-corrected chi connectivity index (χ1v) is 5.18. The Balaban J connectivity index is 0.000000921. The third-order valence-corrected chi connectivity index (χ3v) is 1.98. The number of carbonyl (C=O) groups excluding carboxylic acids is 1. The van der Waals surface area contributed by atoms with E-state index in [1.807, 2.05) is 33.8 Å². The van der Waals surface area contributed by atoms with Crippen molar-refractivity contribution < 1.29 is 4.79 Å². The second kappa shape index (κ2) is 6.17. The normalized spacial score (nSPS) is 8.93. The molecule has 1 amide bonds. The summed E-state index contributed by atoms with van der Waals surface area (Å²) < 4.78 is 0. The quantitative estimate of drug-likeness (QED) is 0.710. The topological polar surface area (TPSA) is 33.2 Å². The second-order valence-electron chi connectivity index (χ2n) is 3.30. The highest BCUT2D eigenvalue weighted by atomic mass is 16.2. The van der Waals surface area contributed by atoms with Crippen LogP contribution in [0.5, 0.6) is 0 Å². The molecule has 0 unspecified atom stereocenters. The van der Waals surface area contributed by atoms with Gasteiger partial charge in [-0.2, -0.15) is 0 Å². The minimum atomic E-state index is -0.0527. The molecule has 0 spiro atoms. The summed E-state index contributed by atoms with van der Waals surface area (Å²) in [4.78, 5) is 17.2. The molecule has 0 atom stereocenters. The lowest BCUT2D eigenvalue weighted by molar-refractivity contribution is 0.0822. The fraction of sp³-hybridized carbons (Fsp3) is 0.500. The number of pyridine rings is 1. The lowest BCUT2D eigenvalue weighted by Crippen LogP contribution is -2.23. The molecule has 1 aromatic rings. The predicted molar refractivity (Wildman–Crippen MR) is 63.1 cm³/mol. The van der Waals surface area contributed by atoms with Gasteiger partial charge in [-0.3, -0.25) is 4.79 Å². The van der Waals surface area contributed by atoms with Gasteiger partial charge in [-0.25, -0.2) is 4.98 Å². The van der Waals surface area contributed by atoms with Crippen molar-refractivity contribution in [2.75, 3.05) is 14.1 Å². The highest BCUT2D eigenvalue weighted by molar-refractivity contribution is 5.91. The van der Waals surface area contributed by atoms with Gasteiger partial charge in [0.2, 0.25) is 0 Å². The standard InChI is InChI=1S/C10H14N2O.C2H6/c1-7-5-6-9(11-8(7)2)10(13)12(3)4;1-2/h5-6H,1-4H3;1-2H3. The number of nitrogens with zero attached hydrogens (tertiary/aromatic N) is 2. The van der Waals surface area contributed by atoms with E-state index < -0.39 is 0 Å². The van der Waals surface area contributed by atoms with Crippen LogP contribution in [-0.2, 0) is 0 Å². The van der Waals surface area contributed by atoms with E-state index in [0.717, 1.165) is 11.3 Å². The fourth-order valence-electron chi connectivity index (χ4n) is 0.979. The van der Waals surface area contributed by atoms with Crippen molar-refractivity contribution in [3.05, 3.63) is 29.1 Å². The summed E-state index contributed by atoms with van der Waals surface area (Å²) >= 11 is 0. The van der Waals surface area contributed by atoms with E-state index in [-0.39, 0.29) is 5.91 Å². The minimum Gasteiger partial charge on any atom is -0.343 e. The molecule has 1 rings (SSSR count). The van der Waals surface area contributed by atoms with E-state index in [0.29, 0.717) is 5.69 Å². The summed E-state index contributed by atoms with van der Waals surface area (Å²) in [6.45, 7) is 7.88. The SMILES string of the molecule is CC.Cc1ccc(C(=O)N(C)C)nc1C. The molecule has 0 aromatic carbocycles. The summed E-state index contributed by atoms with van der Waals surface area (Å²) in [6.07, 6.45) is 0. The van der Waals surface area contributed by atoms with Gasteiger partial charge in [0.1, 0.15) is 5.69 Å². The maximum atomic E-state index is 11.5. The average Bonchev–Trinajstić information content (AvgIpc) is 2.24. The predicted octanol–water partition coefficient (Wildman–Crippen LogP) is 2.43. The maximum Gasteiger partial charge on any atom is 0.271 e. The van der Waals surface area contributed by atoms with Gasteiger partial charge in [-0.05, 0) is 25.5 Å². The fourth-order valence-corrected chi connectivity index (χ4v) is 0.979. The molecule has 1 aromatic heterocycles. The minimum absolute atomic E-state index is 0.0527. The van der Waals surface area contributed by atoms with E-state index in [1.54, 1.807) is 20.2 Å². The van der Waals surface area contributed by atoms with Crippen LogP contribution in [0, 0.1) is 13.8 Å². The lowest BCUT2D eigenvalue weighted by Gasteiger charge is -2.10. The third-order valence-electron chi connectivity index (χ3n) is 1.98. The molecule has 0 N–H and O–H groups in total. The Hall–Kier alpha value is -1.38. The van der Waals surface area contributed by atoms with Crippen molar-refractivity contribution in [1.29, 1.82) is 0 Å². The molecule has 15 heavy (non-hydrogen) atoms. The van der Waals surface area contributed by atoms with Gasteiger partial charge in [-0.15, -0.1) is 0 Å². The lowest BCUT2D eigenvalue weighted by atomic mass is 10.2. The Morgan fingerprint density at radius 2 is 1.73 bits per heavy atom. The van der Waals surface area contributed by atoms with Crippen molar-refractivity contribution in [3.8, 4) is 0 Å². The van der Waals surface area contributed by atoms with E-state index >= 15 is 0 Å². The molecule has 3 heteroatoms. The Kier molecular flexibility index (Phi) is 5.60. The summed E-state index contributed by atoms with van der Waals surface area (Å²) in [5.74, 6) is -0.0527. The molecule has 0 saturated carbocycles. The Bertz CT molecular complexity index is 332. The van der Waals surface area contributed by atoms with Gasteiger partial charge in [0.05, 0.1) is 0 Å². The summed E-state index contributed by atoms with van der Waals surface area (Å²) in [5, 5.41) is 0. The van der Waals surface area contributed by atoms with Gasteiger partial charge in [-0.1, -0.05) is 19.9 Å².